The number of hydrogen-bond acceptors (Lipinski definition) is 3. The predicted octanol–water partition coefficient (Wildman–Crippen LogP) is -0.0941. The van der Waals surface area contributed by atoms with Gasteiger partial charge in [0.15, 0.2) is 0 Å². The van der Waals surface area contributed by atoms with Crippen LogP contribution in [0, 0.1) is 0 Å². The van der Waals surface area contributed by atoms with E-state index in [-0.39, 0.29) is 0 Å². The third kappa shape index (κ3) is 13.0. The van der Waals surface area contributed by atoms with Gasteiger partial charge in [-0.2, -0.15) is 0 Å². The minimum absolute atomic E-state index is 1.01. The monoisotopic (exact) mass is 186 g/mol. The maximum atomic E-state index is 11.2. The fraction of sp³-hybridized carbons (Fsp3) is 1.00. The molecule has 0 bridgehead atoms. The van der Waals surface area contributed by atoms with E-state index in [1.807, 2.05) is 14.1 Å². The minimum Gasteiger partial charge on any atom is -0.323 e. The van der Waals surface area contributed by atoms with Crippen LogP contribution in [0.15, 0.2) is 0 Å². The number of rotatable bonds is 3. The van der Waals surface area contributed by atoms with Crippen molar-refractivity contribution in [1.29, 1.82) is 0 Å². The first-order chi connectivity index (χ1) is 5.09. The summed E-state index contributed by atoms with van der Waals surface area (Å²) in [4.78, 5) is 0. The SMILES string of the molecule is CN(C)S(=O)OCF.CNC. The molecular formula is C5H15FN2O2S. The van der Waals surface area contributed by atoms with Gasteiger partial charge in [-0.25, -0.2) is 17.1 Å². The normalized spacial score (nSPS) is 12.2. The lowest BCUT2D eigenvalue weighted by molar-refractivity contribution is 0.202. The molecule has 11 heavy (non-hydrogen) atoms. The Labute approximate surface area is 69.5 Å². The Bertz CT molecular complexity index is 102. The highest BCUT2D eigenvalue weighted by Gasteiger charge is 1.99. The highest BCUT2D eigenvalue weighted by atomic mass is 32.2. The average molecular weight is 186 g/mol. The summed E-state index contributed by atoms with van der Waals surface area (Å²) < 4.78 is 26.8. The first-order valence-corrected chi connectivity index (χ1v) is 4.00. The van der Waals surface area contributed by atoms with Crippen LogP contribution in [0.3, 0.4) is 0 Å². The van der Waals surface area contributed by atoms with Crippen molar-refractivity contribution in [3.63, 3.8) is 0 Å². The zero-order valence-corrected chi connectivity index (χ0v) is 8.07. The smallest absolute Gasteiger partial charge is 0.239 e. The number of hydrogen-bond donors (Lipinski definition) is 1. The van der Waals surface area contributed by atoms with E-state index >= 15 is 0 Å². The molecule has 0 rings (SSSR count). The molecule has 1 atom stereocenters. The van der Waals surface area contributed by atoms with Crippen LogP contribution < -0.4 is 5.32 Å². The van der Waals surface area contributed by atoms with Crippen LogP contribution in [0.25, 0.3) is 0 Å². The number of alkyl halides is 1. The zero-order valence-electron chi connectivity index (χ0n) is 7.26. The molecule has 1 N–H and O–H groups in total. The summed E-state index contributed by atoms with van der Waals surface area (Å²) in [5.41, 5.74) is 0. The maximum absolute atomic E-state index is 11.2. The van der Waals surface area contributed by atoms with Gasteiger partial charge in [-0.1, -0.05) is 0 Å². The van der Waals surface area contributed by atoms with Crippen LogP contribution in [0.5, 0.6) is 0 Å². The summed E-state index contributed by atoms with van der Waals surface area (Å²) in [5.74, 6) is 0. The van der Waals surface area contributed by atoms with Gasteiger partial charge in [-0.05, 0) is 14.1 Å². The summed E-state index contributed by atoms with van der Waals surface area (Å²) in [6, 6.07) is 0. The standard InChI is InChI=1S/C3H8FNO2S.C2H7N/c1-5(2)8(6)7-3-4;1-3-2/h3H2,1-2H3;3H,1-2H3. The van der Waals surface area contributed by atoms with E-state index in [9.17, 15) is 8.60 Å². The molecule has 0 heterocycles. The first kappa shape index (κ1) is 13.5. The van der Waals surface area contributed by atoms with Crippen LogP contribution >= 0.6 is 0 Å². The van der Waals surface area contributed by atoms with Crippen LogP contribution in [0.4, 0.5) is 4.39 Å². The third-order valence-electron chi connectivity index (χ3n) is 0.444. The van der Waals surface area contributed by atoms with Crippen molar-refractivity contribution in [1.82, 2.24) is 9.62 Å². The van der Waals surface area contributed by atoms with Crippen molar-refractivity contribution in [3.05, 3.63) is 0 Å². The Morgan fingerprint density at radius 1 is 1.55 bits per heavy atom. The second-order valence-electron chi connectivity index (χ2n) is 1.76. The highest BCUT2D eigenvalue weighted by molar-refractivity contribution is 7.77. The van der Waals surface area contributed by atoms with Crippen molar-refractivity contribution in [3.8, 4) is 0 Å². The summed E-state index contributed by atoms with van der Waals surface area (Å²) in [6.45, 7) is -1.01. The van der Waals surface area contributed by atoms with Crippen LogP contribution in [-0.2, 0) is 15.4 Å². The number of halogens is 1. The van der Waals surface area contributed by atoms with E-state index < -0.39 is 18.1 Å². The molecule has 0 aliphatic rings. The van der Waals surface area contributed by atoms with E-state index in [1.165, 1.54) is 18.4 Å². The zero-order chi connectivity index (χ0) is 9.28. The van der Waals surface area contributed by atoms with Crippen LogP contribution in [0.1, 0.15) is 0 Å². The van der Waals surface area contributed by atoms with Crippen molar-refractivity contribution in [2.24, 2.45) is 0 Å². The Kier molecular flexibility index (Phi) is 12.3. The van der Waals surface area contributed by atoms with Crippen molar-refractivity contribution in [2.45, 2.75) is 0 Å². The molecule has 0 saturated carbocycles. The van der Waals surface area contributed by atoms with Gasteiger partial charge in [0.25, 0.3) is 0 Å². The van der Waals surface area contributed by atoms with Gasteiger partial charge >= 0.3 is 0 Å². The molecule has 1 unspecified atom stereocenters. The lowest BCUT2D eigenvalue weighted by Crippen LogP contribution is -2.17. The Morgan fingerprint density at radius 3 is 2.00 bits per heavy atom. The van der Waals surface area contributed by atoms with Gasteiger partial charge in [0.1, 0.15) is 0 Å². The van der Waals surface area contributed by atoms with E-state index in [0.717, 1.165) is 0 Å². The second kappa shape index (κ2) is 9.96. The molecule has 4 nitrogen and oxygen atoms in total. The van der Waals surface area contributed by atoms with Crippen LogP contribution in [0.2, 0.25) is 0 Å². The highest BCUT2D eigenvalue weighted by Crippen LogP contribution is 1.87. The summed E-state index contributed by atoms with van der Waals surface area (Å²) in [5, 5.41) is 2.75. The van der Waals surface area contributed by atoms with Gasteiger partial charge in [0, 0.05) is 14.1 Å². The molecule has 0 aliphatic heterocycles. The largest absolute Gasteiger partial charge is 0.323 e. The minimum atomic E-state index is -1.61. The maximum Gasteiger partial charge on any atom is 0.239 e. The first-order valence-electron chi connectivity index (χ1n) is 2.97. The molecule has 6 heteroatoms. The van der Waals surface area contributed by atoms with E-state index in [0.29, 0.717) is 0 Å². The van der Waals surface area contributed by atoms with Crippen molar-refractivity contribution in [2.75, 3.05) is 35.1 Å². The molecule has 0 spiro atoms. The third-order valence-corrected chi connectivity index (χ3v) is 1.33. The fourth-order valence-corrected chi connectivity index (χ4v) is 0.431. The molecule has 0 radical (unpaired) electrons. The Morgan fingerprint density at radius 2 is 1.91 bits per heavy atom. The summed E-state index contributed by atoms with van der Waals surface area (Å²) in [6.07, 6.45) is 0. The predicted molar refractivity (Wildman–Crippen MR) is 43.9 cm³/mol. The Balaban J connectivity index is 0. The molecule has 0 aromatic heterocycles. The lowest BCUT2D eigenvalue weighted by Gasteiger charge is -2.04. The van der Waals surface area contributed by atoms with Crippen molar-refractivity contribution >= 4 is 11.3 Å². The fourth-order valence-electron chi connectivity index (χ4n) is 0.144. The molecule has 0 saturated heterocycles. The van der Waals surface area contributed by atoms with Gasteiger partial charge < -0.3 is 5.32 Å². The van der Waals surface area contributed by atoms with Gasteiger partial charge in [0.05, 0.1) is 0 Å². The second-order valence-corrected chi connectivity index (χ2v) is 3.16. The van der Waals surface area contributed by atoms with Gasteiger partial charge in [-0.15, -0.1) is 0 Å². The summed E-state index contributed by atoms with van der Waals surface area (Å²) >= 11 is -1.61. The number of nitrogens with zero attached hydrogens (tertiary/aromatic N) is 1. The Hall–Kier alpha value is -0.0400. The molecule has 0 aromatic rings. The van der Waals surface area contributed by atoms with Crippen LogP contribution in [-0.4, -0.2) is 43.6 Å². The van der Waals surface area contributed by atoms with Gasteiger partial charge in [0.2, 0.25) is 18.1 Å². The van der Waals surface area contributed by atoms with E-state index in [1.54, 1.807) is 0 Å². The molecule has 0 aliphatic carbocycles. The quantitative estimate of drug-likeness (QED) is 0.669. The molecule has 70 valence electrons. The van der Waals surface area contributed by atoms with E-state index in [4.69, 9.17) is 0 Å². The molecule has 0 fully saturated rings. The average Bonchev–Trinajstić information content (AvgIpc) is 1.90. The van der Waals surface area contributed by atoms with Gasteiger partial charge in [-0.3, -0.25) is 0 Å². The summed E-state index contributed by atoms with van der Waals surface area (Å²) in [7, 11) is 6.82. The number of nitrogens with one attached hydrogen (secondary N) is 1. The molecule has 0 aromatic carbocycles. The van der Waals surface area contributed by atoms with E-state index in [2.05, 4.69) is 9.50 Å². The van der Waals surface area contributed by atoms with Crippen molar-refractivity contribution < 1.29 is 12.8 Å². The lowest BCUT2D eigenvalue weighted by atomic mass is 11.3. The molecular weight excluding hydrogens is 171 g/mol. The topological polar surface area (TPSA) is 41.6 Å². The molecule has 0 amide bonds.